The maximum absolute atomic E-state index is 13.0. The fourth-order valence-electron chi connectivity index (χ4n) is 2.39. The van der Waals surface area contributed by atoms with E-state index >= 15 is 0 Å². The van der Waals surface area contributed by atoms with Crippen molar-refractivity contribution in [2.75, 3.05) is 19.1 Å². The molecule has 1 aliphatic carbocycles. The highest BCUT2D eigenvalue weighted by atomic mass is 19.4. The lowest BCUT2D eigenvalue weighted by molar-refractivity contribution is -0.137. The molecule has 0 bridgehead atoms. The van der Waals surface area contributed by atoms with E-state index < -0.39 is 11.7 Å². The number of halogens is 3. The van der Waals surface area contributed by atoms with Gasteiger partial charge in [0, 0.05) is 18.1 Å². The van der Waals surface area contributed by atoms with Crippen molar-refractivity contribution in [3.8, 4) is 17.0 Å². The van der Waals surface area contributed by atoms with Crippen molar-refractivity contribution >= 4 is 5.95 Å². The van der Waals surface area contributed by atoms with Crippen LogP contribution in [0.3, 0.4) is 0 Å². The van der Waals surface area contributed by atoms with Crippen LogP contribution in [0.5, 0.6) is 5.75 Å². The van der Waals surface area contributed by atoms with Gasteiger partial charge in [0.05, 0.1) is 11.3 Å². The maximum Gasteiger partial charge on any atom is 0.416 e. The zero-order valence-electron chi connectivity index (χ0n) is 13.5. The lowest BCUT2D eigenvalue weighted by Gasteiger charge is -2.15. The predicted molar refractivity (Wildman–Crippen MR) is 83.8 cm³/mol. The van der Waals surface area contributed by atoms with E-state index in [0.29, 0.717) is 23.6 Å². The van der Waals surface area contributed by atoms with Crippen molar-refractivity contribution in [1.82, 2.24) is 15.2 Å². The quantitative estimate of drug-likeness (QED) is 0.632. The molecule has 0 amide bonds. The minimum Gasteiger partial charge on any atom is -0.467 e. The van der Waals surface area contributed by atoms with Crippen LogP contribution in [0.25, 0.3) is 11.3 Å². The summed E-state index contributed by atoms with van der Waals surface area (Å²) in [6.07, 6.45) is -2.62. The first kappa shape index (κ1) is 17.4. The van der Waals surface area contributed by atoms with Crippen LogP contribution in [0.4, 0.5) is 19.1 Å². The molecule has 0 spiro atoms. The number of hydrogen-bond acceptors (Lipinski definition) is 6. The molecule has 134 valence electrons. The van der Waals surface area contributed by atoms with Crippen LogP contribution >= 0.6 is 0 Å². The summed E-state index contributed by atoms with van der Waals surface area (Å²) in [6.45, 7) is 1.97. The molecule has 1 heterocycles. The van der Waals surface area contributed by atoms with Gasteiger partial charge in [0.1, 0.15) is 11.4 Å². The Hall–Kier alpha value is -2.42. The number of rotatable bonds is 6. The second kappa shape index (κ2) is 6.83. The Bertz CT molecular complexity index is 764. The molecule has 3 rings (SSSR count). The van der Waals surface area contributed by atoms with Gasteiger partial charge in [-0.2, -0.15) is 13.2 Å². The van der Waals surface area contributed by atoms with Crippen LogP contribution in [0.2, 0.25) is 0 Å². The zero-order chi connectivity index (χ0) is 18.0. The monoisotopic (exact) mass is 354 g/mol. The summed E-state index contributed by atoms with van der Waals surface area (Å²) in [7, 11) is 0. The Labute approximate surface area is 142 Å². The highest BCUT2D eigenvalue weighted by molar-refractivity contribution is 5.70. The van der Waals surface area contributed by atoms with Crippen LogP contribution in [0.1, 0.15) is 36.9 Å². The summed E-state index contributed by atoms with van der Waals surface area (Å²) in [5.74, 6) is 0.246. The lowest BCUT2D eigenvalue weighted by atomic mass is 10.0. The van der Waals surface area contributed by atoms with Gasteiger partial charge < -0.3 is 15.2 Å². The van der Waals surface area contributed by atoms with Gasteiger partial charge in [0.15, 0.2) is 6.79 Å². The van der Waals surface area contributed by atoms with Crippen LogP contribution in [0.15, 0.2) is 18.2 Å². The summed E-state index contributed by atoms with van der Waals surface area (Å²) in [6, 6.07) is 3.23. The smallest absolute Gasteiger partial charge is 0.416 e. The second-order valence-electron chi connectivity index (χ2n) is 5.64. The Morgan fingerprint density at radius 3 is 2.64 bits per heavy atom. The number of nitrogens with zero attached hydrogens (tertiary/aromatic N) is 3. The molecule has 2 N–H and O–H groups in total. The molecule has 1 aliphatic rings. The first-order chi connectivity index (χ1) is 11.9. The Morgan fingerprint density at radius 2 is 2.00 bits per heavy atom. The van der Waals surface area contributed by atoms with Gasteiger partial charge in [-0.3, -0.25) is 0 Å². The molecule has 0 aliphatic heterocycles. The fraction of sp³-hybridized carbons (Fsp3) is 0.438. The van der Waals surface area contributed by atoms with Crippen molar-refractivity contribution < 1.29 is 22.6 Å². The number of hydrogen-bond donors (Lipinski definition) is 1. The number of benzene rings is 1. The van der Waals surface area contributed by atoms with E-state index in [1.807, 2.05) is 0 Å². The Kier molecular flexibility index (Phi) is 4.76. The van der Waals surface area contributed by atoms with E-state index in [9.17, 15) is 13.2 Å². The summed E-state index contributed by atoms with van der Waals surface area (Å²) >= 11 is 0. The summed E-state index contributed by atoms with van der Waals surface area (Å²) < 4.78 is 49.5. The number of anilines is 1. The molecule has 1 saturated carbocycles. The van der Waals surface area contributed by atoms with Crippen molar-refractivity contribution in [3.63, 3.8) is 0 Å². The third-order valence-corrected chi connectivity index (χ3v) is 3.76. The molecular weight excluding hydrogens is 337 g/mol. The molecule has 0 saturated heterocycles. The molecule has 1 fully saturated rings. The van der Waals surface area contributed by atoms with Crippen LogP contribution in [-0.2, 0) is 10.9 Å². The number of alkyl halides is 3. The molecule has 0 radical (unpaired) electrons. The summed E-state index contributed by atoms with van der Waals surface area (Å²) in [4.78, 5) is 4.22. The van der Waals surface area contributed by atoms with Crippen molar-refractivity contribution in [2.24, 2.45) is 0 Å². The Balaban J connectivity index is 2.05. The van der Waals surface area contributed by atoms with Crippen LogP contribution in [-0.4, -0.2) is 28.6 Å². The zero-order valence-corrected chi connectivity index (χ0v) is 13.5. The minimum atomic E-state index is -4.48. The van der Waals surface area contributed by atoms with Gasteiger partial charge in [-0.15, -0.1) is 10.2 Å². The molecule has 1 aromatic heterocycles. The standard InChI is InChI=1S/C16H17F3N4O2/c1-2-24-8-25-12-7-10(16(17,18)19)5-6-11(12)14-13(9-3-4-9)21-15(20)23-22-14/h5-7,9H,2-4,8H2,1H3,(H2,20,21,23). The number of nitrogen functional groups attached to an aromatic ring is 1. The normalized spacial score (nSPS) is 14.6. The van der Waals surface area contributed by atoms with E-state index in [4.69, 9.17) is 15.2 Å². The second-order valence-corrected chi connectivity index (χ2v) is 5.64. The molecule has 6 nitrogen and oxygen atoms in total. The van der Waals surface area contributed by atoms with Crippen molar-refractivity contribution in [1.29, 1.82) is 0 Å². The van der Waals surface area contributed by atoms with Crippen LogP contribution in [0, 0.1) is 0 Å². The molecule has 0 atom stereocenters. The van der Waals surface area contributed by atoms with Crippen LogP contribution < -0.4 is 10.5 Å². The summed E-state index contributed by atoms with van der Waals surface area (Å²) in [5, 5.41) is 7.79. The Morgan fingerprint density at radius 1 is 1.24 bits per heavy atom. The molecular formula is C16H17F3N4O2. The van der Waals surface area contributed by atoms with Gasteiger partial charge in [0.25, 0.3) is 0 Å². The first-order valence-electron chi connectivity index (χ1n) is 7.82. The highest BCUT2D eigenvalue weighted by Gasteiger charge is 2.33. The van der Waals surface area contributed by atoms with Gasteiger partial charge in [-0.1, -0.05) is 0 Å². The lowest BCUT2D eigenvalue weighted by Crippen LogP contribution is -2.09. The average Bonchev–Trinajstić information content (AvgIpc) is 3.39. The van der Waals surface area contributed by atoms with E-state index in [1.54, 1.807) is 6.92 Å². The predicted octanol–water partition coefficient (Wildman–Crippen LogP) is 3.39. The van der Waals surface area contributed by atoms with Gasteiger partial charge in [-0.05, 0) is 38.0 Å². The van der Waals surface area contributed by atoms with Gasteiger partial charge >= 0.3 is 6.18 Å². The van der Waals surface area contributed by atoms with Crippen molar-refractivity contribution in [3.05, 3.63) is 29.5 Å². The van der Waals surface area contributed by atoms with Crippen molar-refractivity contribution in [2.45, 2.75) is 31.9 Å². The van der Waals surface area contributed by atoms with E-state index in [2.05, 4.69) is 15.2 Å². The molecule has 9 heteroatoms. The van der Waals surface area contributed by atoms with E-state index in [0.717, 1.165) is 25.0 Å². The number of nitrogens with two attached hydrogens (primary N) is 1. The molecule has 25 heavy (non-hydrogen) atoms. The average molecular weight is 354 g/mol. The fourth-order valence-corrected chi connectivity index (χ4v) is 2.39. The maximum atomic E-state index is 13.0. The van der Waals surface area contributed by atoms with Gasteiger partial charge in [0.2, 0.25) is 5.95 Å². The third-order valence-electron chi connectivity index (χ3n) is 3.76. The SMILES string of the molecule is CCOCOc1cc(C(F)(F)F)ccc1-c1nnc(N)nc1C1CC1. The summed E-state index contributed by atoms with van der Waals surface area (Å²) in [5.41, 5.74) is 6.19. The largest absolute Gasteiger partial charge is 0.467 e. The van der Waals surface area contributed by atoms with E-state index in [1.165, 1.54) is 6.07 Å². The number of ether oxygens (including phenoxy) is 2. The highest BCUT2D eigenvalue weighted by Crippen LogP contribution is 2.45. The minimum absolute atomic E-state index is 0.0195. The molecule has 1 aromatic carbocycles. The topological polar surface area (TPSA) is 83.2 Å². The molecule has 2 aromatic rings. The van der Waals surface area contributed by atoms with Gasteiger partial charge in [-0.25, -0.2) is 4.98 Å². The number of aromatic nitrogens is 3. The third kappa shape index (κ3) is 3.98. The first-order valence-corrected chi connectivity index (χ1v) is 7.82. The van der Waals surface area contributed by atoms with E-state index in [-0.39, 0.29) is 24.4 Å². The molecule has 0 unspecified atom stereocenters.